The number of nitrogens with zero attached hydrogens (tertiary/aromatic N) is 3. The van der Waals surface area contributed by atoms with Crippen molar-refractivity contribution in [2.45, 2.75) is 45.2 Å². The van der Waals surface area contributed by atoms with Crippen molar-refractivity contribution < 1.29 is 9.18 Å². The summed E-state index contributed by atoms with van der Waals surface area (Å²) in [6.45, 7) is 8.02. The number of pyridine rings is 1. The molecule has 1 amide bonds. The minimum atomic E-state index is -0.380. The highest BCUT2D eigenvalue weighted by molar-refractivity contribution is 6.00. The summed E-state index contributed by atoms with van der Waals surface area (Å²) in [4.78, 5) is 19.2. The minimum absolute atomic E-state index is 0.0127. The number of rotatable bonds is 5. The summed E-state index contributed by atoms with van der Waals surface area (Å²) in [5.41, 5.74) is 10.4. The molecule has 1 aliphatic rings. The average molecular weight is 487 g/mol. The van der Waals surface area contributed by atoms with Crippen LogP contribution in [0.3, 0.4) is 0 Å². The van der Waals surface area contributed by atoms with Gasteiger partial charge in [-0.1, -0.05) is 45.0 Å². The van der Waals surface area contributed by atoms with E-state index in [0.717, 1.165) is 47.4 Å². The van der Waals surface area contributed by atoms with Crippen LogP contribution in [0.4, 0.5) is 10.2 Å². The van der Waals surface area contributed by atoms with Gasteiger partial charge in [-0.3, -0.25) is 9.89 Å². The number of H-pyrrole nitrogens is 1. The van der Waals surface area contributed by atoms with Crippen LogP contribution < -0.4 is 16.0 Å². The van der Waals surface area contributed by atoms with Gasteiger partial charge in [0.25, 0.3) is 5.91 Å². The zero-order chi connectivity index (χ0) is 25.4. The maximum absolute atomic E-state index is 15.1. The molecule has 1 atom stereocenters. The van der Waals surface area contributed by atoms with Crippen molar-refractivity contribution >= 4 is 22.8 Å². The highest BCUT2D eigenvalue weighted by atomic mass is 19.1. The average Bonchev–Trinajstić information content (AvgIpc) is 3.48. The predicted molar refractivity (Wildman–Crippen MR) is 140 cm³/mol. The molecule has 1 saturated heterocycles. The molecule has 1 aliphatic heterocycles. The van der Waals surface area contributed by atoms with E-state index in [4.69, 9.17) is 5.73 Å². The lowest BCUT2D eigenvalue weighted by Crippen LogP contribution is -2.26. The van der Waals surface area contributed by atoms with Crippen molar-refractivity contribution in [1.82, 2.24) is 20.5 Å². The third kappa shape index (κ3) is 4.68. The Balaban J connectivity index is 1.35. The van der Waals surface area contributed by atoms with Gasteiger partial charge >= 0.3 is 0 Å². The Labute approximate surface area is 209 Å². The van der Waals surface area contributed by atoms with Crippen LogP contribution in [0, 0.1) is 5.82 Å². The van der Waals surface area contributed by atoms with Gasteiger partial charge in [0, 0.05) is 43.0 Å². The van der Waals surface area contributed by atoms with E-state index < -0.39 is 0 Å². The number of nitrogens with two attached hydrogens (primary N) is 1. The van der Waals surface area contributed by atoms with Crippen LogP contribution in [-0.4, -0.2) is 40.2 Å². The molecule has 2 aromatic carbocycles. The summed E-state index contributed by atoms with van der Waals surface area (Å²) in [5.74, 6) is 0.172. The van der Waals surface area contributed by atoms with E-state index in [0.29, 0.717) is 16.8 Å². The summed E-state index contributed by atoms with van der Waals surface area (Å²) in [5, 5.41) is 11.1. The van der Waals surface area contributed by atoms with Gasteiger partial charge in [-0.05, 0) is 52.8 Å². The maximum Gasteiger partial charge on any atom is 0.251 e. The summed E-state index contributed by atoms with van der Waals surface area (Å²) in [6.07, 6.45) is 2.59. The molecule has 0 spiro atoms. The van der Waals surface area contributed by atoms with E-state index in [1.807, 2.05) is 24.3 Å². The maximum atomic E-state index is 15.1. The van der Waals surface area contributed by atoms with Gasteiger partial charge in [-0.15, -0.1) is 0 Å². The Hall–Kier alpha value is -3.78. The number of aromatic nitrogens is 3. The Bertz CT molecular complexity index is 1410. The highest BCUT2D eigenvalue weighted by Gasteiger charge is 2.25. The van der Waals surface area contributed by atoms with E-state index in [1.165, 1.54) is 6.07 Å². The van der Waals surface area contributed by atoms with Gasteiger partial charge in [0.1, 0.15) is 5.82 Å². The van der Waals surface area contributed by atoms with Gasteiger partial charge in [-0.25, -0.2) is 9.37 Å². The number of amides is 1. The molecule has 4 N–H and O–H groups in total. The summed E-state index contributed by atoms with van der Waals surface area (Å²) < 4.78 is 15.1. The molecule has 4 aromatic rings. The van der Waals surface area contributed by atoms with Crippen molar-refractivity contribution in [1.29, 1.82) is 0 Å². The van der Waals surface area contributed by atoms with Gasteiger partial charge < -0.3 is 16.0 Å². The van der Waals surface area contributed by atoms with Gasteiger partial charge in [0.2, 0.25) is 0 Å². The molecule has 8 heteroatoms. The van der Waals surface area contributed by atoms with Gasteiger partial charge in [0.05, 0.1) is 5.39 Å². The third-order valence-corrected chi connectivity index (χ3v) is 6.78. The first-order valence-electron chi connectivity index (χ1n) is 12.2. The lowest BCUT2D eigenvalue weighted by Gasteiger charge is -2.19. The fourth-order valence-corrected chi connectivity index (χ4v) is 4.64. The van der Waals surface area contributed by atoms with Crippen LogP contribution in [0.1, 0.15) is 48.7 Å². The van der Waals surface area contributed by atoms with Crippen LogP contribution in [0.5, 0.6) is 0 Å². The van der Waals surface area contributed by atoms with Crippen LogP contribution in [-0.2, 0) is 12.0 Å². The van der Waals surface area contributed by atoms with Crippen molar-refractivity contribution in [3.05, 3.63) is 77.2 Å². The second-order valence-electron chi connectivity index (χ2n) is 10.4. The molecule has 0 bridgehead atoms. The SMILES string of the molecule is CC(C)(C)c1ccc(C(=O)NCc2ccc(-c3ccnc4[nH]nc(N5CC[C@@H](N)C5)c34)cc2F)cc1. The van der Waals surface area contributed by atoms with Crippen molar-refractivity contribution in [2.24, 2.45) is 5.73 Å². The van der Waals surface area contributed by atoms with Crippen LogP contribution >= 0.6 is 0 Å². The number of fused-ring (bicyclic) bond motifs is 1. The Morgan fingerprint density at radius 2 is 1.97 bits per heavy atom. The number of halogens is 1. The van der Waals surface area contributed by atoms with Crippen LogP contribution in [0.2, 0.25) is 0 Å². The van der Waals surface area contributed by atoms with Gasteiger partial charge in [-0.2, -0.15) is 5.10 Å². The topological polar surface area (TPSA) is 99.9 Å². The molecule has 0 saturated carbocycles. The molecule has 3 heterocycles. The normalized spacial score (nSPS) is 16.0. The first kappa shape index (κ1) is 23.9. The molecular formula is C28H31FN6O. The second-order valence-corrected chi connectivity index (χ2v) is 10.4. The Kier molecular flexibility index (Phi) is 6.22. The fourth-order valence-electron chi connectivity index (χ4n) is 4.64. The number of aromatic amines is 1. The molecule has 186 valence electrons. The van der Waals surface area contributed by atoms with Crippen LogP contribution in [0.25, 0.3) is 22.2 Å². The lowest BCUT2D eigenvalue weighted by atomic mass is 9.87. The van der Waals surface area contributed by atoms with E-state index in [-0.39, 0.29) is 29.7 Å². The predicted octanol–water partition coefficient (Wildman–Crippen LogP) is 4.53. The lowest BCUT2D eigenvalue weighted by molar-refractivity contribution is 0.0950. The zero-order valence-corrected chi connectivity index (χ0v) is 20.8. The zero-order valence-electron chi connectivity index (χ0n) is 20.8. The Morgan fingerprint density at radius 1 is 1.19 bits per heavy atom. The van der Waals surface area contributed by atoms with Gasteiger partial charge in [0.15, 0.2) is 11.5 Å². The number of carbonyl (C=O) groups excluding carboxylic acids is 1. The van der Waals surface area contributed by atoms with Crippen molar-refractivity contribution in [3.63, 3.8) is 0 Å². The largest absolute Gasteiger partial charge is 0.353 e. The second kappa shape index (κ2) is 9.35. The molecular weight excluding hydrogens is 455 g/mol. The molecule has 0 aliphatic carbocycles. The highest BCUT2D eigenvalue weighted by Crippen LogP contribution is 2.35. The third-order valence-electron chi connectivity index (χ3n) is 6.78. The van der Waals surface area contributed by atoms with Crippen LogP contribution in [0.15, 0.2) is 54.7 Å². The summed E-state index contributed by atoms with van der Waals surface area (Å²) >= 11 is 0. The fraction of sp³-hybridized carbons (Fsp3) is 0.321. The van der Waals surface area contributed by atoms with Crippen molar-refractivity contribution in [2.75, 3.05) is 18.0 Å². The first-order valence-corrected chi connectivity index (χ1v) is 12.2. The standard InChI is InChI=1S/C28H31FN6O/c1-28(2,3)20-8-6-17(7-9-20)27(36)32-15-19-5-4-18(14-23(19)29)22-10-12-31-25-24(22)26(34-33-25)35-13-11-21(30)16-35/h4-10,12,14,21H,11,13,15-16,30H2,1-3H3,(H,32,36)(H,31,33,34)/t21-/m1/s1. The summed E-state index contributed by atoms with van der Waals surface area (Å²) in [7, 11) is 0. The molecule has 36 heavy (non-hydrogen) atoms. The number of hydrogen-bond donors (Lipinski definition) is 3. The number of hydrogen-bond acceptors (Lipinski definition) is 5. The monoisotopic (exact) mass is 486 g/mol. The first-order chi connectivity index (χ1) is 17.2. The van der Waals surface area contributed by atoms with E-state index in [2.05, 4.69) is 46.2 Å². The van der Waals surface area contributed by atoms with E-state index >= 15 is 4.39 Å². The molecule has 2 aromatic heterocycles. The summed E-state index contributed by atoms with van der Waals surface area (Å²) in [6, 6.07) is 14.6. The molecule has 5 rings (SSSR count). The van der Waals surface area contributed by atoms with E-state index in [9.17, 15) is 4.79 Å². The minimum Gasteiger partial charge on any atom is -0.353 e. The Morgan fingerprint density at radius 3 is 2.64 bits per heavy atom. The quantitative estimate of drug-likeness (QED) is 0.385. The molecule has 0 unspecified atom stereocenters. The molecule has 7 nitrogen and oxygen atoms in total. The van der Waals surface area contributed by atoms with E-state index in [1.54, 1.807) is 24.4 Å². The number of anilines is 1. The molecule has 0 radical (unpaired) electrons. The number of benzene rings is 2. The molecule has 1 fully saturated rings. The number of nitrogens with one attached hydrogen (secondary N) is 2. The van der Waals surface area contributed by atoms with Crippen molar-refractivity contribution in [3.8, 4) is 11.1 Å². The smallest absolute Gasteiger partial charge is 0.251 e. The number of carbonyl (C=O) groups is 1.